The number of fused-ring (bicyclic) bond motifs is 1. The normalized spacial score (nSPS) is 18.6. The topological polar surface area (TPSA) is 49.2 Å². The third-order valence-corrected chi connectivity index (χ3v) is 5.50. The van der Waals surface area contributed by atoms with Crippen LogP contribution in [0.15, 0.2) is 30.6 Å². The Balaban J connectivity index is 1.63. The maximum Gasteiger partial charge on any atom is 0.150 e. The quantitative estimate of drug-likeness (QED) is 0.543. The third-order valence-electron chi connectivity index (χ3n) is 4.90. The molecular weight excluding hydrogens is 385 g/mol. The van der Waals surface area contributed by atoms with Crippen molar-refractivity contribution in [1.29, 1.82) is 0 Å². The zero-order chi connectivity index (χ0) is 19.0. The number of aryl methyl sites for hydroxylation is 1. The summed E-state index contributed by atoms with van der Waals surface area (Å²) in [6.07, 6.45) is 6.12. The number of benzene rings is 1. The number of aromatic nitrogens is 3. The van der Waals surface area contributed by atoms with Crippen LogP contribution < -0.4 is 4.74 Å². The molecule has 1 fully saturated rings. The van der Waals surface area contributed by atoms with Gasteiger partial charge in [-0.2, -0.15) is 5.10 Å². The van der Waals surface area contributed by atoms with E-state index in [-0.39, 0.29) is 12.3 Å². The molecule has 142 valence electrons. The maximum absolute atomic E-state index is 6.25. The Kier molecular flexibility index (Phi) is 5.26. The molecular formula is C20H21Cl2N3O2. The number of ether oxygens (including phenoxy) is 2. The molecule has 7 heteroatoms. The Bertz CT molecular complexity index is 947. The van der Waals surface area contributed by atoms with E-state index >= 15 is 0 Å². The van der Waals surface area contributed by atoms with Gasteiger partial charge in [0.25, 0.3) is 0 Å². The van der Waals surface area contributed by atoms with Crippen LogP contribution in [0.5, 0.6) is 5.75 Å². The Labute approximate surface area is 168 Å². The average molecular weight is 406 g/mol. The van der Waals surface area contributed by atoms with Crippen molar-refractivity contribution in [2.45, 2.75) is 45.4 Å². The molecule has 0 radical (unpaired) electrons. The zero-order valence-corrected chi connectivity index (χ0v) is 16.8. The van der Waals surface area contributed by atoms with Gasteiger partial charge in [0, 0.05) is 30.0 Å². The van der Waals surface area contributed by atoms with E-state index in [0.717, 1.165) is 53.8 Å². The largest absolute Gasteiger partial charge is 0.486 e. The second kappa shape index (κ2) is 7.66. The molecule has 0 spiro atoms. The minimum atomic E-state index is -0.303. The fourth-order valence-corrected chi connectivity index (χ4v) is 4.23. The Morgan fingerprint density at radius 1 is 1.22 bits per heavy atom. The van der Waals surface area contributed by atoms with Crippen molar-refractivity contribution in [3.63, 3.8) is 0 Å². The van der Waals surface area contributed by atoms with Crippen LogP contribution in [0.25, 0.3) is 10.9 Å². The molecule has 1 aliphatic heterocycles. The lowest BCUT2D eigenvalue weighted by molar-refractivity contribution is -0.0368. The van der Waals surface area contributed by atoms with Gasteiger partial charge in [-0.1, -0.05) is 23.2 Å². The number of nitrogens with zero attached hydrogens (tertiary/aromatic N) is 3. The molecule has 1 saturated heterocycles. The number of hydrogen-bond donors (Lipinski definition) is 0. The smallest absolute Gasteiger partial charge is 0.150 e. The van der Waals surface area contributed by atoms with Crippen molar-refractivity contribution < 1.29 is 9.47 Å². The Hall–Kier alpha value is -1.82. The predicted octanol–water partition coefficient (Wildman–Crippen LogP) is 5.89. The van der Waals surface area contributed by atoms with Crippen molar-refractivity contribution in [2.75, 3.05) is 6.61 Å². The van der Waals surface area contributed by atoms with Gasteiger partial charge < -0.3 is 9.47 Å². The van der Waals surface area contributed by atoms with E-state index in [9.17, 15) is 0 Å². The lowest BCUT2D eigenvalue weighted by Crippen LogP contribution is -2.19. The van der Waals surface area contributed by atoms with Crippen LogP contribution in [-0.4, -0.2) is 21.4 Å². The molecule has 1 aliphatic rings. The highest BCUT2D eigenvalue weighted by atomic mass is 35.5. The van der Waals surface area contributed by atoms with E-state index in [4.69, 9.17) is 37.8 Å². The first-order valence-corrected chi connectivity index (χ1v) is 9.86. The Morgan fingerprint density at radius 3 is 2.70 bits per heavy atom. The van der Waals surface area contributed by atoms with E-state index in [1.807, 2.05) is 36.7 Å². The van der Waals surface area contributed by atoms with E-state index in [1.165, 1.54) is 0 Å². The van der Waals surface area contributed by atoms with Crippen molar-refractivity contribution in [3.05, 3.63) is 51.9 Å². The lowest BCUT2D eigenvalue weighted by Gasteiger charge is -2.23. The SMILES string of the molecule is Cc1nn(C2CCCCO2)c2ccc(O[C@H](C)c3c(Cl)cncc3Cl)cc12. The minimum absolute atomic E-state index is 0.00933. The first-order valence-electron chi connectivity index (χ1n) is 9.10. The molecule has 3 aromatic rings. The molecule has 0 bridgehead atoms. The molecule has 0 aliphatic carbocycles. The van der Waals surface area contributed by atoms with Gasteiger partial charge in [0.15, 0.2) is 6.23 Å². The summed E-state index contributed by atoms with van der Waals surface area (Å²) < 4.78 is 14.0. The lowest BCUT2D eigenvalue weighted by atomic mass is 10.1. The molecule has 0 amide bonds. The third kappa shape index (κ3) is 3.64. The second-order valence-electron chi connectivity index (χ2n) is 6.81. The molecule has 1 unspecified atom stereocenters. The molecule has 3 heterocycles. The van der Waals surface area contributed by atoms with Gasteiger partial charge in [0.05, 0.1) is 21.3 Å². The van der Waals surface area contributed by atoms with Crippen molar-refractivity contribution in [3.8, 4) is 5.75 Å². The van der Waals surface area contributed by atoms with Gasteiger partial charge in [-0.15, -0.1) is 0 Å². The first kappa shape index (κ1) is 18.5. The van der Waals surface area contributed by atoms with Gasteiger partial charge in [-0.05, 0) is 51.3 Å². The van der Waals surface area contributed by atoms with Crippen LogP contribution in [0.3, 0.4) is 0 Å². The highest BCUT2D eigenvalue weighted by Gasteiger charge is 2.21. The zero-order valence-electron chi connectivity index (χ0n) is 15.3. The second-order valence-corrected chi connectivity index (χ2v) is 7.62. The van der Waals surface area contributed by atoms with E-state index < -0.39 is 0 Å². The summed E-state index contributed by atoms with van der Waals surface area (Å²) in [4.78, 5) is 3.99. The number of rotatable bonds is 4. The predicted molar refractivity (Wildman–Crippen MR) is 107 cm³/mol. The molecule has 4 rings (SSSR count). The van der Waals surface area contributed by atoms with Crippen LogP contribution in [0, 0.1) is 6.92 Å². The summed E-state index contributed by atoms with van der Waals surface area (Å²) in [6, 6.07) is 5.99. The molecule has 1 aromatic carbocycles. The summed E-state index contributed by atoms with van der Waals surface area (Å²) in [6.45, 7) is 4.71. The van der Waals surface area contributed by atoms with Crippen molar-refractivity contribution in [2.24, 2.45) is 0 Å². The van der Waals surface area contributed by atoms with E-state index in [0.29, 0.717) is 10.0 Å². The highest BCUT2D eigenvalue weighted by Crippen LogP contribution is 2.34. The van der Waals surface area contributed by atoms with Crippen LogP contribution in [0.2, 0.25) is 10.0 Å². The number of halogens is 2. The highest BCUT2D eigenvalue weighted by molar-refractivity contribution is 6.35. The van der Waals surface area contributed by atoms with Crippen molar-refractivity contribution >= 4 is 34.1 Å². The monoisotopic (exact) mass is 405 g/mol. The van der Waals surface area contributed by atoms with E-state index in [2.05, 4.69) is 4.98 Å². The summed E-state index contributed by atoms with van der Waals surface area (Å²) in [5.41, 5.74) is 2.74. The van der Waals surface area contributed by atoms with Crippen LogP contribution in [-0.2, 0) is 4.74 Å². The number of hydrogen-bond acceptors (Lipinski definition) is 4. The molecule has 0 N–H and O–H groups in total. The van der Waals surface area contributed by atoms with Crippen LogP contribution >= 0.6 is 23.2 Å². The minimum Gasteiger partial charge on any atom is -0.486 e. The van der Waals surface area contributed by atoms with Gasteiger partial charge >= 0.3 is 0 Å². The van der Waals surface area contributed by atoms with Gasteiger partial charge in [0.1, 0.15) is 11.9 Å². The fraction of sp³-hybridized carbons (Fsp3) is 0.400. The summed E-state index contributed by atoms with van der Waals surface area (Å²) in [7, 11) is 0. The van der Waals surface area contributed by atoms with Gasteiger partial charge in [0.2, 0.25) is 0 Å². The van der Waals surface area contributed by atoms with Crippen molar-refractivity contribution in [1.82, 2.24) is 14.8 Å². The molecule has 27 heavy (non-hydrogen) atoms. The maximum atomic E-state index is 6.25. The van der Waals surface area contributed by atoms with Crippen LogP contribution in [0.4, 0.5) is 0 Å². The first-order chi connectivity index (χ1) is 13.0. The fourth-order valence-electron chi connectivity index (χ4n) is 3.56. The summed E-state index contributed by atoms with van der Waals surface area (Å²) >= 11 is 12.5. The summed E-state index contributed by atoms with van der Waals surface area (Å²) in [5.74, 6) is 0.742. The molecule has 5 nitrogen and oxygen atoms in total. The van der Waals surface area contributed by atoms with Crippen LogP contribution in [0.1, 0.15) is 49.8 Å². The average Bonchev–Trinajstić information content (AvgIpc) is 2.99. The van der Waals surface area contributed by atoms with Gasteiger partial charge in [-0.25, -0.2) is 4.68 Å². The molecule has 2 aromatic heterocycles. The standard InChI is InChI=1S/C20H21Cl2N3O2/c1-12-15-9-14(27-13(2)20-16(21)10-23-11-17(20)22)6-7-18(15)25(24-12)19-5-3-4-8-26-19/h6-7,9-11,13,19H,3-5,8H2,1-2H3/t13-,19?/m1/s1. The molecule has 0 saturated carbocycles. The Morgan fingerprint density at radius 2 is 2.00 bits per heavy atom. The number of pyridine rings is 1. The van der Waals surface area contributed by atoms with Gasteiger partial charge in [-0.3, -0.25) is 4.98 Å². The summed E-state index contributed by atoms with van der Waals surface area (Å²) in [5, 5.41) is 6.75. The van der Waals surface area contributed by atoms with E-state index in [1.54, 1.807) is 12.4 Å². The molecule has 2 atom stereocenters.